The molecule has 1 aromatic carbocycles. The molecule has 4 heteroatoms. The third-order valence-corrected chi connectivity index (χ3v) is 4.33. The van der Waals surface area contributed by atoms with Crippen molar-refractivity contribution in [2.45, 2.75) is 57.5 Å². The van der Waals surface area contributed by atoms with E-state index in [1.807, 2.05) is 25.1 Å². The topological polar surface area (TPSA) is 68.3 Å². The van der Waals surface area contributed by atoms with E-state index < -0.39 is 6.04 Å². The molecule has 0 bridgehead atoms. The molecule has 22 heavy (non-hydrogen) atoms. The lowest BCUT2D eigenvalue weighted by Crippen LogP contribution is -2.40. The minimum Gasteiger partial charge on any atom is -0.353 e. The van der Waals surface area contributed by atoms with Gasteiger partial charge in [-0.3, -0.25) is 0 Å². The number of nitriles is 1. The van der Waals surface area contributed by atoms with Crippen LogP contribution in [0.4, 0.5) is 0 Å². The fourth-order valence-corrected chi connectivity index (χ4v) is 2.77. The molecule has 0 aromatic heterocycles. The summed E-state index contributed by atoms with van der Waals surface area (Å²) in [6.07, 6.45) is 4.72. The number of nitrogens with zero attached hydrogens (tertiary/aromatic N) is 1. The van der Waals surface area contributed by atoms with Crippen LogP contribution in [0.25, 0.3) is 0 Å². The van der Waals surface area contributed by atoms with Crippen molar-refractivity contribution < 1.29 is 9.47 Å². The van der Waals surface area contributed by atoms with E-state index in [2.05, 4.69) is 18.2 Å². The summed E-state index contributed by atoms with van der Waals surface area (Å²) in [4.78, 5) is 0. The second kappa shape index (κ2) is 8.89. The van der Waals surface area contributed by atoms with Gasteiger partial charge in [-0.15, -0.1) is 0 Å². The lowest BCUT2D eigenvalue weighted by Gasteiger charge is -2.32. The zero-order chi connectivity index (χ0) is 15.8. The van der Waals surface area contributed by atoms with Crippen molar-refractivity contribution in [3.05, 3.63) is 35.9 Å². The molecule has 0 radical (unpaired) electrons. The molecule has 2 N–H and O–H groups in total. The first kappa shape index (κ1) is 17.0. The summed E-state index contributed by atoms with van der Waals surface area (Å²) in [5.74, 6) is -0.0146. The van der Waals surface area contributed by atoms with E-state index in [1.165, 1.54) is 5.56 Å². The van der Waals surface area contributed by atoms with Crippen LogP contribution in [-0.2, 0) is 15.9 Å². The minimum absolute atomic E-state index is 0.0146. The van der Waals surface area contributed by atoms with Crippen LogP contribution in [0.15, 0.2) is 30.3 Å². The van der Waals surface area contributed by atoms with Crippen LogP contribution in [0.1, 0.15) is 38.2 Å². The maximum absolute atomic E-state index is 9.08. The molecular weight excluding hydrogens is 276 g/mol. The fraction of sp³-hybridized carbons (Fsp3) is 0.611. The number of hydrogen-bond acceptors (Lipinski definition) is 4. The highest BCUT2D eigenvalue weighted by molar-refractivity contribution is 5.14. The second-order valence-corrected chi connectivity index (χ2v) is 6.01. The van der Waals surface area contributed by atoms with Gasteiger partial charge in [0.15, 0.2) is 6.29 Å². The summed E-state index contributed by atoms with van der Waals surface area (Å²) in [6.45, 7) is 2.75. The van der Waals surface area contributed by atoms with E-state index in [9.17, 15) is 0 Å². The molecule has 120 valence electrons. The molecule has 1 saturated heterocycles. The Hall–Kier alpha value is -1.41. The molecule has 4 nitrogen and oxygen atoms in total. The molecule has 0 spiro atoms. The van der Waals surface area contributed by atoms with Crippen LogP contribution in [0.3, 0.4) is 0 Å². The van der Waals surface area contributed by atoms with Gasteiger partial charge in [0, 0.05) is 12.5 Å². The first-order chi connectivity index (χ1) is 10.7. The molecule has 4 atom stereocenters. The van der Waals surface area contributed by atoms with E-state index in [-0.39, 0.29) is 18.3 Å². The number of rotatable bonds is 7. The third kappa shape index (κ3) is 5.10. The molecule has 1 aliphatic rings. The number of nitrogens with two attached hydrogens (primary N) is 1. The van der Waals surface area contributed by atoms with Gasteiger partial charge in [-0.25, -0.2) is 0 Å². The molecule has 0 amide bonds. The van der Waals surface area contributed by atoms with Gasteiger partial charge in [-0.05, 0) is 37.7 Å². The SMILES string of the molecule is C[C@@H]([C@H](CCc1ccccc1)OC1CCCCO1)[C@@H](N)C#N. The zero-order valence-electron chi connectivity index (χ0n) is 13.3. The van der Waals surface area contributed by atoms with Gasteiger partial charge in [0.05, 0.1) is 18.2 Å². The molecule has 1 aromatic rings. The van der Waals surface area contributed by atoms with Crippen LogP contribution in [0.5, 0.6) is 0 Å². The highest BCUT2D eigenvalue weighted by Gasteiger charge is 2.27. The predicted octanol–water partition coefficient (Wildman–Crippen LogP) is 3.02. The van der Waals surface area contributed by atoms with Crippen molar-refractivity contribution in [3.63, 3.8) is 0 Å². The van der Waals surface area contributed by atoms with Gasteiger partial charge in [0.2, 0.25) is 0 Å². The first-order valence-electron chi connectivity index (χ1n) is 8.17. The standard InChI is InChI=1S/C18H26N2O2/c1-14(16(20)13-19)17(22-18-9-5-6-12-21-18)11-10-15-7-3-2-4-8-15/h2-4,7-8,14,16-18H,5-6,9-12,20H2,1H3/t14-,16+,17+,18?/m1/s1. The average molecular weight is 302 g/mol. The van der Waals surface area contributed by atoms with Crippen molar-refractivity contribution in [2.75, 3.05) is 6.61 Å². The molecule has 1 aliphatic heterocycles. The fourth-order valence-electron chi connectivity index (χ4n) is 2.77. The smallest absolute Gasteiger partial charge is 0.157 e. The Labute approximate surface area is 133 Å². The molecule has 0 aliphatic carbocycles. The van der Waals surface area contributed by atoms with Crippen LogP contribution in [0, 0.1) is 17.2 Å². The van der Waals surface area contributed by atoms with Crippen molar-refractivity contribution in [2.24, 2.45) is 11.7 Å². The number of aryl methyl sites for hydroxylation is 1. The maximum Gasteiger partial charge on any atom is 0.157 e. The molecule has 1 heterocycles. The molecule has 2 rings (SSSR count). The van der Waals surface area contributed by atoms with Crippen molar-refractivity contribution in [3.8, 4) is 6.07 Å². The van der Waals surface area contributed by atoms with E-state index in [0.717, 1.165) is 38.7 Å². The molecule has 1 unspecified atom stereocenters. The highest BCUT2D eigenvalue weighted by atomic mass is 16.7. The zero-order valence-corrected chi connectivity index (χ0v) is 13.3. The quantitative estimate of drug-likeness (QED) is 0.840. The average Bonchev–Trinajstić information content (AvgIpc) is 2.59. The van der Waals surface area contributed by atoms with Gasteiger partial charge in [-0.1, -0.05) is 37.3 Å². The number of hydrogen-bond donors (Lipinski definition) is 1. The van der Waals surface area contributed by atoms with Gasteiger partial charge >= 0.3 is 0 Å². The normalized spacial score (nSPS) is 22.5. The summed E-state index contributed by atoms with van der Waals surface area (Å²) in [5, 5.41) is 9.08. The Balaban J connectivity index is 1.95. The Bertz CT molecular complexity index is 466. The van der Waals surface area contributed by atoms with Crippen LogP contribution >= 0.6 is 0 Å². The van der Waals surface area contributed by atoms with Crippen LogP contribution < -0.4 is 5.73 Å². The molecular formula is C18H26N2O2. The predicted molar refractivity (Wildman–Crippen MR) is 86.0 cm³/mol. The number of benzene rings is 1. The summed E-state index contributed by atoms with van der Waals surface area (Å²) in [6, 6.07) is 12.0. The van der Waals surface area contributed by atoms with Crippen molar-refractivity contribution in [1.82, 2.24) is 0 Å². The maximum atomic E-state index is 9.08. The summed E-state index contributed by atoms with van der Waals surface area (Å²) < 4.78 is 11.8. The Morgan fingerprint density at radius 2 is 2.14 bits per heavy atom. The third-order valence-electron chi connectivity index (χ3n) is 4.33. The Morgan fingerprint density at radius 3 is 2.77 bits per heavy atom. The van der Waals surface area contributed by atoms with Crippen molar-refractivity contribution >= 4 is 0 Å². The molecule has 1 fully saturated rings. The largest absolute Gasteiger partial charge is 0.353 e. The first-order valence-corrected chi connectivity index (χ1v) is 8.17. The minimum atomic E-state index is -0.510. The Morgan fingerprint density at radius 1 is 1.36 bits per heavy atom. The second-order valence-electron chi connectivity index (χ2n) is 6.01. The lowest BCUT2D eigenvalue weighted by atomic mass is 9.92. The van der Waals surface area contributed by atoms with E-state index in [1.54, 1.807) is 0 Å². The summed E-state index contributed by atoms with van der Waals surface area (Å²) in [5.41, 5.74) is 7.19. The van der Waals surface area contributed by atoms with Gasteiger partial charge in [0.25, 0.3) is 0 Å². The number of ether oxygens (including phenoxy) is 2. The monoisotopic (exact) mass is 302 g/mol. The van der Waals surface area contributed by atoms with E-state index >= 15 is 0 Å². The highest BCUT2D eigenvalue weighted by Crippen LogP contribution is 2.23. The summed E-state index contributed by atoms with van der Waals surface area (Å²) >= 11 is 0. The van der Waals surface area contributed by atoms with Crippen LogP contribution in [0.2, 0.25) is 0 Å². The Kier molecular flexibility index (Phi) is 6.85. The molecule has 0 saturated carbocycles. The van der Waals surface area contributed by atoms with E-state index in [0.29, 0.717) is 0 Å². The summed E-state index contributed by atoms with van der Waals surface area (Å²) in [7, 11) is 0. The van der Waals surface area contributed by atoms with Gasteiger partial charge in [-0.2, -0.15) is 5.26 Å². The van der Waals surface area contributed by atoms with Gasteiger partial charge < -0.3 is 15.2 Å². The van der Waals surface area contributed by atoms with E-state index in [4.69, 9.17) is 20.5 Å². The van der Waals surface area contributed by atoms with Crippen LogP contribution in [-0.4, -0.2) is 25.0 Å². The van der Waals surface area contributed by atoms with Gasteiger partial charge in [0.1, 0.15) is 0 Å². The van der Waals surface area contributed by atoms with Crippen molar-refractivity contribution in [1.29, 1.82) is 5.26 Å². The lowest BCUT2D eigenvalue weighted by molar-refractivity contribution is -0.199.